The largest absolute Gasteiger partial charge is 0.376 e. The zero-order valence-electron chi connectivity index (χ0n) is 10.6. The molecule has 18 heavy (non-hydrogen) atoms. The molecule has 2 N–H and O–H groups in total. The standard InChI is InChI=1S/C13H19N3O2/c1-10(12-6-2-3-7-14-12)16-13(17)15-9-11-5-4-8-18-11/h2-3,6-7,10-11H,4-5,8-9H2,1H3,(H2,15,16,17)/t10-,11-/m1/s1. The summed E-state index contributed by atoms with van der Waals surface area (Å²) in [7, 11) is 0. The first kappa shape index (κ1) is 12.8. The Kier molecular flexibility index (Phi) is 4.52. The van der Waals surface area contributed by atoms with Gasteiger partial charge >= 0.3 is 6.03 Å². The summed E-state index contributed by atoms with van der Waals surface area (Å²) in [6.45, 7) is 3.28. The van der Waals surface area contributed by atoms with Crippen LogP contribution in [0.25, 0.3) is 0 Å². The number of hydrogen-bond acceptors (Lipinski definition) is 3. The third-order valence-electron chi connectivity index (χ3n) is 2.99. The van der Waals surface area contributed by atoms with Gasteiger partial charge in [0.15, 0.2) is 0 Å². The molecule has 0 radical (unpaired) electrons. The van der Waals surface area contributed by atoms with E-state index < -0.39 is 0 Å². The van der Waals surface area contributed by atoms with Crippen molar-refractivity contribution in [1.82, 2.24) is 15.6 Å². The van der Waals surface area contributed by atoms with E-state index >= 15 is 0 Å². The Bertz CT molecular complexity index is 377. The summed E-state index contributed by atoms with van der Waals surface area (Å²) in [6, 6.07) is 5.38. The van der Waals surface area contributed by atoms with E-state index in [1.807, 2.05) is 25.1 Å². The highest BCUT2D eigenvalue weighted by Crippen LogP contribution is 2.11. The van der Waals surface area contributed by atoms with E-state index in [1.165, 1.54) is 0 Å². The third kappa shape index (κ3) is 3.70. The zero-order valence-corrected chi connectivity index (χ0v) is 10.6. The molecular weight excluding hydrogens is 230 g/mol. The molecule has 1 fully saturated rings. The smallest absolute Gasteiger partial charge is 0.315 e. The molecule has 2 atom stereocenters. The molecule has 0 saturated carbocycles. The number of rotatable bonds is 4. The number of aromatic nitrogens is 1. The molecule has 0 spiro atoms. The third-order valence-corrected chi connectivity index (χ3v) is 2.99. The van der Waals surface area contributed by atoms with Gasteiger partial charge in [-0.05, 0) is 31.9 Å². The second-order valence-corrected chi connectivity index (χ2v) is 4.47. The number of nitrogens with zero attached hydrogens (tertiary/aromatic N) is 1. The monoisotopic (exact) mass is 249 g/mol. The predicted molar refractivity (Wildman–Crippen MR) is 68.2 cm³/mol. The van der Waals surface area contributed by atoms with Crippen LogP contribution in [-0.2, 0) is 4.74 Å². The highest BCUT2D eigenvalue weighted by atomic mass is 16.5. The molecule has 2 heterocycles. The van der Waals surface area contributed by atoms with Gasteiger partial charge in [0, 0.05) is 19.3 Å². The van der Waals surface area contributed by atoms with Crippen molar-refractivity contribution in [3.05, 3.63) is 30.1 Å². The number of carbonyl (C=O) groups excluding carboxylic acids is 1. The van der Waals surface area contributed by atoms with Crippen LogP contribution in [0.15, 0.2) is 24.4 Å². The summed E-state index contributed by atoms with van der Waals surface area (Å²) < 4.78 is 5.44. The van der Waals surface area contributed by atoms with E-state index in [4.69, 9.17) is 4.74 Å². The average molecular weight is 249 g/mol. The van der Waals surface area contributed by atoms with Gasteiger partial charge in [-0.1, -0.05) is 6.07 Å². The summed E-state index contributed by atoms with van der Waals surface area (Å²) in [4.78, 5) is 15.9. The minimum absolute atomic E-state index is 0.101. The van der Waals surface area contributed by atoms with Gasteiger partial charge in [0.05, 0.1) is 17.8 Å². The molecule has 5 heteroatoms. The van der Waals surface area contributed by atoms with Gasteiger partial charge < -0.3 is 15.4 Å². The minimum Gasteiger partial charge on any atom is -0.376 e. The Morgan fingerprint density at radius 2 is 2.50 bits per heavy atom. The Labute approximate surface area is 107 Å². The molecule has 0 bridgehead atoms. The van der Waals surface area contributed by atoms with Crippen molar-refractivity contribution >= 4 is 6.03 Å². The average Bonchev–Trinajstić information content (AvgIpc) is 2.90. The van der Waals surface area contributed by atoms with Crippen molar-refractivity contribution in [1.29, 1.82) is 0 Å². The first-order valence-electron chi connectivity index (χ1n) is 6.32. The zero-order chi connectivity index (χ0) is 12.8. The van der Waals surface area contributed by atoms with Crippen molar-refractivity contribution in [2.24, 2.45) is 0 Å². The van der Waals surface area contributed by atoms with Crippen molar-refractivity contribution in [3.63, 3.8) is 0 Å². The highest BCUT2D eigenvalue weighted by molar-refractivity contribution is 5.74. The molecule has 1 aromatic heterocycles. The number of carbonyl (C=O) groups is 1. The summed E-state index contributed by atoms with van der Waals surface area (Å²) >= 11 is 0. The second kappa shape index (κ2) is 6.35. The van der Waals surface area contributed by atoms with Gasteiger partial charge in [-0.25, -0.2) is 4.79 Å². The fourth-order valence-corrected chi connectivity index (χ4v) is 1.97. The number of ether oxygens (including phenoxy) is 1. The summed E-state index contributed by atoms with van der Waals surface area (Å²) in [5, 5.41) is 5.67. The highest BCUT2D eigenvalue weighted by Gasteiger charge is 2.17. The van der Waals surface area contributed by atoms with Crippen LogP contribution in [0.3, 0.4) is 0 Å². The van der Waals surface area contributed by atoms with Gasteiger partial charge in [0.1, 0.15) is 0 Å². The van der Waals surface area contributed by atoms with E-state index in [1.54, 1.807) is 6.20 Å². The summed E-state index contributed by atoms with van der Waals surface area (Å²) in [5.41, 5.74) is 0.852. The van der Waals surface area contributed by atoms with Gasteiger partial charge in [0.2, 0.25) is 0 Å². The maximum absolute atomic E-state index is 11.7. The van der Waals surface area contributed by atoms with Crippen molar-refractivity contribution in [2.75, 3.05) is 13.2 Å². The molecular formula is C13H19N3O2. The fourth-order valence-electron chi connectivity index (χ4n) is 1.97. The Balaban J connectivity index is 1.73. The molecule has 2 rings (SSSR count). The van der Waals surface area contributed by atoms with Crippen molar-refractivity contribution in [3.8, 4) is 0 Å². The first-order chi connectivity index (χ1) is 8.75. The molecule has 5 nitrogen and oxygen atoms in total. The van der Waals surface area contributed by atoms with E-state index in [2.05, 4.69) is 15.6 Å². The number of amides is 2. The molecule has 1 aliphatic rings. The van der Waals surface area contributed by atoms with Gasteiger partial charge in [-0.15, -0.1) is 0 Å². The van der Waals surface area contributed by atoms with Crippen molar-refractivity contribution in [2.45, 2.75) is 31.9 Å². The lowest BCUT2D eigenvalue weighted by Crippen LogP contribution is -2.40. The number of pyridine rings is 1. The van der Waals surface area contributed by atoms with E-state index in [0.29, 0.717) is 6.54 Å². The number of urea groups is 1. The molecule has 2 amide bonds. The molecule has 0 aromatic carbocycles. The van der Waals surface area contributed by atoms with E-state index in [0.717, 1.165) is 25.1 Å². The second-order valence-electron chi connectivity index (χ2n) is 4.47. The SMILES string of the molecule is C[C@@H](NC(=O)NC[C@H]1CCCO1)c1ccccn1. The normalized spacial score (nSPS) is 20.4. The lowest BCUT2D eigenvalue weighted by atomic mass is 10.2. The number of nitrogens with one attached hydrogen (secondary N) is 2. The fraction of sp³-hybridized carbons (Fsp3) is 0.538. The molecule has 98 valence electrons. The van der Waals surface area contributed by atoms with Crippen LogP contribution >= 0.6 is 0 Å². The van der Waals surface area contributed by atoms with Crippen LogP contribution in [0.2, 0.25) is 0 Å². The maximum Gasteiger partial charge on any atom is 0.315 e. The Hall–Kier alpha value is -1.62. The minimum atomic E-state index is -0.177. The summed E-state index contributed by atoms with van der Waals surface area (Å²) in [5.74, 6) is 0. The van der Waals surface area contributed by atoms with E-state index in [-0.39, 0.29) is 18.2 Å². The van der Waals surface area contributed by atoms with Crippen LogP contribution in [0, 0.1) is 0 Å². The molecule has 0 unspecified atom stereocenters. The van der Waals surface area contributed by atoms with Crippen LogP contribution in [-0.4, -0.2) is 30.3 Å². The molecule has 1 aromatic rings. The first-order valence-corrected chi connectivity index (χ1v) is 6.32. The summed E-state index contributed by atoms with van der Waals surface area (Å²) in [6.07, 6.45) is 3.99. The van der Waals surface area contributed by atoms with Crippen molar-refractivity contribution < 1.29 is 9.53 Å². The number of hydrogen-bond donors (Lipinski definition) is 2. The van der Waals surface area contributed by atoms with E-state index in [9.17, 15) is 4.79 Å². The quantitative estimate of drug-likeness (QED) is 0.852. The van der Waals surface area contributed by atoms with Gasteiger partial charge in [-0.2, -0.15) is 0 Å². The predicted octanol–water partition coefficient (Wildman–Crippen LogP) is 1.62. The Morgan fingerprint density at radius 3 is 3.17 bits per heavy atom. The van der Waals surface area contributed by atoms with Crippen LogP contribution in [0.5, 0.6) is 0 Å². The molecule has 0 aliphatic carbocycles. The van der Waals surface area contributed by atoms with Crippen LogP contribution < -0.4 is 10.6 Å². The van der Waals surface area contributed by atoms with Gasteiger partial charge in [0.25, 0.3) is 0 Å². The van der Waals surface area contributed by atoms with Crippen LogP contribution in [0.1, 0.15) is 31.5 Å². The lowest BCUT2D eigenvalue weighted by molar-refractivity contribution is 0.111. The molecule has 1 saturated heterocycles. The topological polar surface area (TPSA) is 63.2 Å². The maximum atomic E-state index is 11.7. The lowest BCUT2D eigenvalue weighted by Gasteiger charge is -2.15. The van der Waals surface area contributed by atoms with Gasteiger partial charge in [-0.3, -0.25) is 4.98 Å². The Morgan fingerprint density at radius 1 is 1.61 bits per heavy atom. The molecule has 1 aliphatic heterocycles. The van der Waals surface area contributed by atoms with Crippen LogP contribution in [0.4, 0.5) is 4.79 Å².